The molecule has 2 fully saturated rings. The first-order valence-corrected chi connectivity index (χ1v) is 10.4. The number of rotatable bonds is 4. The number of hydrogen-bond donors (Lipinski definition) is 1. The molecule has 138 valence electrons. The first-order valence-electron chi connectivity index (χ1n) is 8.56. The number of carbonyl (C=O) groups is 1. The van der Waals surface area contributed by atoms with Crippen LogP contribution in [-0.2, 0) is 10.0 Å². The highest BCUT2D eigenvalue weighted by Gasteiger charge is 2.33. The minimum atomic E-state index is -3.66. The molecule has 0 atom stereocenters. The van der Waals surface area contributed by atoms with Gasteiger partial charge in [0.25, 0.3) is 5.91 Å². The van der Waals surface area contributed by atoms with E-state index in [0.29, 0.717) is 24.7 Å². The molecule has 4 rings (SSSR count). The van der Waals surface area contributed by atoms with E-state index in [9.17, 15) is 13.2 Å². The SMILES string of the molecule is O=C(c1cc(C2CC2)[nH]n1)N1CCN(S(=O)(=O)c2ccccc2Cl)CC1. The average Bonchev–Trinajstić information content (AvgIpc) is 3.38. The van der Waals surface area contributed by atoms with E-state index in [1.807, 2.05) is 6.07 Å². The van der Waals surface area contributed by atoms with Gasteiger partial charge in [-0.25, -0.2) is 8.42 Å². The molecule has 2 aliphatic rings. The summed E-state index contributed by atoms with van der Waals surface area (Å²) in [4.78, 5) is 14.3. The van der Waals surface area contributed by atoms with E-state index in [1.165, 1.54) is 10.4 Å². The smallest absolute Gasteiger partial charge is 0.274 e. The lowest BCUT2D eigenvalue weighted by Crippen LogP contribution is -2.50. The molecule has 0 bridgehead atoms. The molecular weight excluding hydrogens is 376 g/mol. The molecule has 1 aromatic carbocycles. The Morgan fingerprint density at radius 1 is 1.15 bits per heavy atom. The van der Waals surface area contributed by atoms with E-state index in [2.05, 4.69) is 10.2 Å². The summed E-state index contributed by atoms with van der Waals surface area (Å²) in [5.41, 5.74) is 1.41. The summed E-state index contributed by atoms with van der Waals surface area (Å²) in [5, 5.41) is 7.25. The number of amides is 1. The molecule has 2 aromatic rings. The molecule has 1 N–H and O–H groups in total. The fourth-order valence-electron chi connectivity index (χ4n) is 3.14. The van der Waals surface area contributed by atoms with Crippen LogP contribution in [0, 0.1) is 0 Å². The molecule has 1 amide bonds. The van der Waals surface area contributed by atoms with Gasteiger partial charge in [0.2, 0.25) is 10.0 Å². The Morgan fingerprint density at radius 3 is 2.50 bits per heavy atom. The number of benzene rings is 1. The van der Waals surface area contributed by atoms with Crippen molar-refractivity contribution in [3.63, 3.8) is 0 Å². The van der Waals surface area contributed by atoms with Crippen molar-refractivity contribution in [1.29, 1.82) is 0 Å². The second kappa shape index (κ2) is 6.68. The quantitative estimate of drug-likeness (QED) is 0.860. The lowest BCUT2D eigenvalue weighted by atomic mass is 10.2. The highest BCUT2D eigenvalue weighted by molar-refractivity contribution is 7.89. The molecule has 0 unspecified atom stereocenters. The first-order chi connectivity index (χ1) is 12.5. The molecule has 26 heavy (non-hydrogen) atoms. The van der Waals surface area contributed by atoms with Crippen molar-refractivity contribution in [2.24, 2.45) is 0 Å². The molecule has 1 aliphatic carbocycles. The third-order valence-corrected chi connectivity index (χ3v) is 7.21. The Morgan fingerprint density at radius 2 is 1.85 bits per heavy atom. The van der Waals surface area contributed by atoms with E-state index in [-0.39, 0.29) is 28.9 Å². The van der Waals surface area contributed by atoms with Gasteiger partial charge in [-0.3, -0.25) is 9.89 Å². The summed E-state index contributed by atoms with van der Waals surface area (Å²) in [5.74, 6) is 0.338. The second-order valence-corrected chi connectivity index (χ2v) is 8.92. The molecule has 1 saturated heterocycles. The number of aromatic amines is 1. The summed E-state index contributed by atoms with van der Waals surface area (Å²) in [6.07, 6.45) is 2.27. The maximum absolute atomic E-state index is 12.8. The largest absolute Gasteiger partial charge is 0.335 e. The van der Waals surface area contributed by atoms with Gasteiger partial charge >= 0.3 is 0 Å². The van der Waals surface area contributed by atoms with Crippen molar-refractivity contribution >= 4 is 27.5 Å². The number of sulfonamides is 1. The predicted octanol–water partition coefficient (Wildman–Crippen LogP) is 2.09. The number of nitrogens with zero attached hydrogens (tertiary/aromatic N) is 3. The van der Waals surface area contributed by atoms with Crippen LogP contribution < -0.4 is 0 Å². The summed E-state index contributed by atoms with van der Waals surface area (Å²) >= 11 is 6.04. The van der Waals surface area contributed by atoms with Crippen LogP contribution in [0.25, 0.3) is 0 Å². The van der Waals surface area contributed by atoms with Crippen molar-refractivity contribution in [1.82, 2.24) is 19.4 Å². The van der Waals surface area contributed by atoms with Gasteiger partial charge in [0.15, 0.2) is 0 Å². The van der Waals surface area contributed by atoms with E-state index in [1.54, 1.807) is 23.1 Å². The number of nitrogens with one attached hydrogen (secondary N) is 1. The van der Waals surface area contributed by atoms with Crippen molar-refractivity contribution in [3.8, 4) is 0 Å². The van der Waals surface area contributed by atoms with Gasteiger partial charge in [-0.15, -0.1) is 0 Å². The van der Waals surface area contributed by atoms with Gasteiger partial charge < -0.3 is 4.90 Å². The van der Waals surface area contributed by atoms with Crippen LogP contribution in [0.3, 0.4) is 0 Å². The number of piperazine rings is 1. The van der Waals surface area contributed by atoms with Crippen molar-refractivity contribution in [3.05, 3.63) is 46.7 Å². The van der Waals surface area contributed by atoms with E-state index in [0.717, 1.165) is 18.5 Å². The van der Waals surface area contributed by atoms with E-state index < -0.39 is 10.0 Å². The van der Waals surface area contributed by atoms with Crippen molar-refractivity contribution < 1.29 is 13.2 Å². The normalized spacial score (nSPS) is 18.9. The molecule has 7 nitrogen and oxygen atoms in total. The zero-order chi connectivity index (χ0) is 18.3. The van der Waals surface area contributed by atoms with Gasteiger partial charge in [0.05, 0.1) is 5.02 Å². The molecule has 1 aliphatic heterocycles. The Hall–Kier alpha value is -1.90. The topological polar surface area (TPSA) is 86.4 Å². The maximum atomic E-state index is 12.8. The Kier molecular flexibility index (Phi) is 4.50. The van der Waals surface area contributed by atoms with Crippen LogP contribution in [0.2, 0.25) is 5.02 Å². The van der Waals surface area contributed by atoms with Crippen molar-refractivity contribution in [2.45, 2.75) is 23.7 Å². The van der Waals surface area contributed by atoms with Crippen LogP contribution in [-0.4, -0.2) is 59.9 Å². The number of carbonyl (C=O) groups excluding carboxylic acids is 1. The maximum Gasteiger partial charge on any atom is 0.274 e. The Balaban J connectivity index is 1.43. The molecule has 0 spiro atoms. The summed E-state index contributed by atoms with van der Waals surface area (Å²) in [7, 11) is -3.66. The average molecular weight is 395 g/mol. The minimum absolute atomic E-state index is 0.0998. The summed E-state index contributed by atoms with van der Waals surface area (Å²) in [6, 6.07) is 8.21. The minimum Gasteiger partial charge on any atom is -0.335 e. The number of aromatic nitrogens is 2. The van der Waals surface area contributed by atoms with Gasteiger partial charge in [-0.2, -0.15) is 9.40 Å². The standard InChI is InChI=1S/C17H19ClN4O3S/c18-13-3-1-2-4-16(13)26(24,25)22-9-7-21(8-10-22)17(23)15-11-14(19-20-15)12-5-6-12/h1-4,11-12H,5-10H2,(H,19,20). The van der Waals surface area contributed by atoms with Crippen LogP contribution in [0.15, 0.2) is 35.2 Å². The number of halogens is 1. The van der Waals surface area contributed by atoms with E-state index in [4.69, 9.17) is 11.6 Å². The second-order valence-electron chi connectivity index (χ2n) is 6.61. The molecule has 1 aromatic heterocycles. The third kappa shape index (κ3) is 3.24. The van der Waals surface area contributed by atoms with Crippen LogP contribution in [0.1, 0.15) is 34.9 Å². The number of hydrogen-bond acceptors (Lipinski definition) is 4. The molecule has 0 radical (unpaired) electrons. The fourth-order valence-corrected chi connectivity index (χ4v) is 5.05. The molecule has 2 heterocycles. The predicted molar refractivity (Wildman–Crippen MR) is 96.7 cm³/mol. The lowest BCUT2D eigenvalue weighted by molar-refractivity contribution is 0.0692. The monoisotopic (exact) mass is 394 g/mol. The van der Waals surface area contributed by atoms with Gasteiger partial charge in [-0.1, -0.05) is 23.7 Å². The van der Waals surface area contributed by atoms with Gasteiger partial charge in [0.1, 0.15) is 10.6 Å². The summed E-state index contributed by atoms with van der Waals surface area (Å²) < 4.78 is 26.9. The van der Waals surface area contributed by atoms with Crippen LogP contribution in [0.4, 0.5) is 0 Å². The molecule has 1 saturated carbocycles. The molecule has 9 heteroatoms. The molecular formula is C17H19ClN4O3S. The third-order valence-electron chi connectivity index (χ3n) is 4.81. The Labute approximate surface area is 157 Å². The highest BCUT2D eigenvalue weighted by Crippen LogP contribution is 2.39. The fraction of sp³-hybridized carbons (Fsp3) is 0.412. The van der Waals surface area contributed by atoms with Gasteiger partial charge in [-0.05, 0) is 31.0 Å². The van der Waals surface area contributed by atoms with Crippen LogP contribution in [0.5, 0.6) is 0 Å². The first kappa shape index (κ1) is 17.5. The van der Waals surface area contributed by atoms with Crippen molar-refractivity contribution in [2.75, 3.05) is 26.2 Å². The van der Waals surface area contributed by atoms with E-state index >= 15 is 0 Å². The lowest BCUT2D eigenvalue weighted by Gasteiger charge is -2.33. The zero-order valence-electron chi connectivity index (χ0n) is 14.1. The summed E-state index contributed by atoms with van der Waals surface area (Å²) in [6.45, 7) is 1.13. The zero-order valence-corrected chi connectivity index (χ0v) is 15.6. The van der Waals surface area contributed by atoms with Crippen LogP contribution >= 0.6 is 11.6 Å². The Bertz CT molecular complexity index is 931. The number of H-pyrrole nitrogens is 1. The van der Waals surface area contributed by atoms with Gasteiger partial charge in [0, 0.05) is 37.8 Å². The highest BCUT2D eigenvalue weighted by atomic mass is 35.5.